The van der Waals surface area contributed by atoms with Crippen LogP contribution in [-0.4, -0.2) is 20.6 Å². The van der Waals surface area contributed by atoms with Crippen LogP contribution in [0.4, 0.5) is 5.69 Å². The summed E-state index contributed by atoms with van der Waals surface area (Å²) in [5.41, 5.74) is 0.617. The van der Waals surface area contributed by atoms with Gasteiger partial charge in [-0.15, -0.1) is 0 Å². The van der Waals surface area contributed by atoms with Crippen molar-refractivity contribution in [2.45, 2.75) is 20.4 Å². The molecule has 2 aromatic rings. The number of carbonyl (C=O) groups is 1. The standard InChI is InChI=1S/C13H13N3O5/c1-8-9(2)15(19)13(14(8)7-12(17)18)10-5-3-4-6-11(10)16(20)21/h3-6H,7H2,1-2H3,(H,17,18). The number of para-hydroxylation sites is 1. The van der Waals surface area contributed by atoms with Gasteiger partial charge in [-0.05, 0) is 6.07 Å². The Hall–Kier alpha value is -2.90. The number of imidazole rings is 1. The maximum absolute atomic E-state index is 12.2. The Morgan fingerprint density at radius 2 is 2.00 bits per heavy atom. The number of rotatable bonds is 4. The quantitative estimate of drug-likeness (QED) is 0.396. The first-order chi connectivity index (χ1) is 9.84. The maximum Gasteiger partial charge on any atom is 0.346 e. The lowest BCUT2D eigenvalue weighted by atomic mass is 10.1. The van der Waals surface area contributed by atoms with Gasteiger partial charge in [-0.2, -0.15) is 0 Å². The lowest BCUT2D eigenvalue weighted by Crippen LogP contribution is -2.31. The highest BCUT2D eigenvalue weighted by molar-refractivity contribution is 5.71. The Kier molecular flexibility index (Phi) is 3.62. The van der Waals surface area contributed by atoms with Crippen molar-refractivity contribution in [3.8, 4) is 11.4 Å². The van der Waals surface area contributed by atoms with E-state index in [1.54, 1.807) is 19.9 Å². The van der Waals surface area contributed by atoms with Crippen LogP contribution in [0.3, 0.4) is 0 Å². The SMILES string of the molecule is Cc1c(C)[n+]([O-])c(-c2ccccc2[N+](=O)[O-])n1CC(=O)O. The van der Waals surface area contributed by atoms with Gasteiger partial charge in [0.05, 0.1) is 4.92 Å². The molecule has 1 N–H and O–H groups in total. The number of benzene rings is 1. The number of nitro groups is 1. The van der Waals surface area contributed by atoms with Crippen LogP contribution in [0.15, 0.2) is 24.3 Å². The van der Waals surface area contributed by atoms with Gasteiger partial charge in [0.25, 0.3) is 11.5 Å². The van der Waals surface area contributed by atoms with E-state index in [0.717, 1.165) is 0 Å². The lowest BCUT2D eigenvalue weighted by molar-refractivity contribution is -0.600. The zero-order valence-electron chi connectivity index (χ0n) is 11.4. The third kappa shape index (κ3) is 2.42. The Balaban J connectivity index is 2.78. The molecule has 0 atom stereocenters. The Labute approximate surface area is 119 Å². The summed E-state index contributed by atoms with van der Waals surface area (Å²) in [6.07, 6.45) is 0. The summed E-state index contributed by atoms with van der Waals surface area (Å²) in [5.74, 6) is -1.17. The van der Waals surface area contributed by atoms with Crippen molar-refractivity contribution in [1.82, 2.24) is 4.57 Å². The first-order valence-electron chi connectivity index (χ1n) is 6.09. The molecule has 0 saturated carbocycles. The molecule has 0 bridgehead atoms. The predicted molar refractivity (Wildman–Crippen MR) is 72.6 cm³/mol. The molecule has 1 aromatic heterocycles. The lowest BCUT2D eigenvalue weighted by Gasteiger charge is -2.06. The predicted octanol–water partition coefficient (Wildman–Crippen LogP) is 1.40. The largest absolute Gasteiger partial charge is 0.710 e. The van der Waals surface area contributed by atoms with E-state index in [1.165, 1.54) is 22.8 Å². The van der Waals surface area contributed by atoms with E-state index >= 15 is 0 Å². The molecule has 8 nitrogen and oxygen atoms in total. The molecular formula is C13H13N3O5. The van der Waals surface area contributed by atoms with Crippen molar-refractivity contribution in [2.75, 3.05) is 0 Å². The molecule has 0 radical (unpaired) electrons. The monoisotopic (exact) mass is 291 g/mol. The van der Waals surface area contributed by atoms with Gasteiger partial charge in [-0.25, -0.2) is 14.1 Å². The fourth-order valence-electron chi connectivity index (χ4n) is 2.18. The van der Waals surface area contributed by atoms with Crippen LogP contribution in [0.25, 0.3) is 11.4 Å². The number of hydrogen-bond acceptors (Lipinski definition) is 4. The molecule has 0 aliphatic carbocycles. The molecule has 110 valence electrons. The van der Waals surface area contributed by atoms with Crippen LogP contribution in [-0.2, 0) is 11.3 Å². The Morgan fingerprint density at radius 1 is 1.38 bits per heavy atom. The number of carboxylic acid groups (broad SMARTS) is 1. The Bertz CT molecular complexity index is 736. The van der Waals surface area contributed by atoms with Crippen LogP contribution in [0.2, 0.25) is 0 Å². The molecule has 8 heteroatoms. The molecule has 0 fully saturated rings. The van der Waals surface area contributed by atoms with Crippen LogP contribution >= 0.6 is 0 Å². The molecular weight excluding hydrogens is 278 g/mol. The number of hydrogen-bond donors (Lipinski definition) is 1. The van der Waals surface area contributed by atoms with Crippen LogP contribution in [0, 0.1) is 29.2 Å². The maximum atomic E-state index is 12.2. The third-order valence-corrected chi connectivity index (χ3v) is 3.32. The van der Waals surface area contributed by atoms with E-state index in [-0.39, 0.29) is 17.1 Å². The summed E-state index contributed by atoms with van der Waals surface area (Å²) in [5, 5.41) is 32.3. The number of nitro benzene ring substituents is 1. The molecule has 0 saturated heterocycles. The summed E-state index contributed by atoms with van der Waals surface area (Å²) in [6, 6.07) is 5.75. The average molecular weight is 291 g/mol. The van der Waals surface area contributed by atoms with Gasteiger partial charge in [0.2, 0.25) is 0 Å². The third-order valence-electron chi connectivity index (χ3n) is 3.32. The fourth-order valence-corrected chi connectivity index (χ4v) is 2.18. The molecule has 21 heavy (non-hydrogen) atoms. The normalized spacial score (nSPS) is 10.6. The first-order valence-corrected chi connectivity index (χ1v) is 6.09. The van der Waals surface area contributed by atoms with Gasteiger partial charge >= 0.3 is 5.97 Å². The van der Waals surface area contributed by atoms with Crippen molar-refractivity contribution < 1.29 is 19.6 Å². The van der Waals surface area contributed by atoms with E-state index in [9.17, 15) is 20.1 Å². The summed E-state index contributed by atoms with van der Waals surface area (Å²) >= 11 is 0. The first kappa shape index (κ1) is 14.5. The van der Waals surface area contributed by atoms with Crippen molar-refractivity contribution in [1.29, 1.82) is 0 Å². The molecule has 0 spiro atoms. The fraction of sp³-hybridized carbons (Fsp3) is 0.231. The van der Waals surface area contributed by atoms with Crippen LogP contribution in [0.1, 0.15) is 11.4 Å². The summed E-state index contributed by atoms with van der Waals surface area (Å²) in [4.78, 5) is 21.5. The molecule has 0 aliphatic heterocycles. The number of carboxylic acids is 1. The van der Waals surface area contributed by atoms with Gasteiger partial charge < -0.3 is 10.3 Å². The van der Waals surface area contributed by atoms with Crippen LogP contribution < -0.4 is 4.73 Å². The highest BCUT2D eigenvalue weighted by Crippen LogP contribution is 2.29. The zero-order valence-corrected chi connectivity index (χ0v) is 11.4. The van der Waals surface area contributed by atoms with E-state index in [2.05, 4.69) is 0 Å². The highest BCUT2D eigenvalue weighted by Gasteiger charge is 2.30. The molecule has 2 rings (SSSR count). The molecule has 1 aromatic carbocycles. The Morgan fingerprint density at radius 3 is 2.57 bits per heavy atom. The van der Waals surface area contributed by atoms with Gasteiger partial charge in [0.1, 0.15) is 17.0 Å². The van der Waals surface area contributed by atoms with Gasteiger partial charge in [0.15, 0.2) is 6.54 Å². The van der Waals surface area contributed by atoms with E-state index in [1.807, 2.05) is 0 Å². The van der Waals surface area contributed by atoms with Crippen molar-refractivity contribution in [3.05, 3.63) is 51.0 Å². The van der Waals surface area contributed by atoms with Gasteiger partial charge in [0, 0.05) is 19.9 Å². The van der Waals surface area contributed by atoms with E-state index in [4.69, 9.17) is 5.11 Å². The highest BCUT2D eigenvalue weighted by atomic mass is 16.6. The number of aromatic nitrogens is 2. The smallest absolute Gasteiger partial charge is 0.346 e. The zero-order chi connectivity index (χ0) is 15.7. The minimum Gasteiger partial charge on any atom is -0.710 e. The summed E-state index contributed by atoms with van der Waals surface area (Å²) < 4.78 is 1.80. The van der Waals surface area contributed by atoms with Crippen molar-refractivity contribution in [3.63, 3.8) is 0 Å². The summed E-state index contributed by atoms with van der Waals surface area (Å²) in [6.45, 7) is 2.70. The molecule has 0 amide bonds. The van der Waals surface area contributed by atoms with Crippen molar-refractivity contribution in [2.24, 2.45) is 0 Å². The van der Waals surface area contributed by atoms with Crippen molar-refractivity contribution >= 4 is 11.7 Å². The minimum absolute atomic E-state index is 0.0419. The number of nitrogens with zero attached hydrogens (tertiary/aromatic N) is 3. The van der Waals surface area contributed by atoms with Crippen LogP contribution in [0.5, 0.6) is 0 Å². The molecule has 0 unspecified atom stereocenters. The van der Waals surface area contributed by atoms with E-state index in [0.29, 0.717) is 16.1 Å². The minimum atomic E-state index is -1.13. The second kappa shape index (κ2) is 5.23. The van der Waals surface area contributed by atoms with E-state index < -0.39 is 17.4 Å². The second-order valence-electron chi connectivity index (χ2n) is 4.54. The molecule has 1 heterocycles. The molecule has 0 aliphatic rings. The second-order valence-corrected chi connectivity index (χ2v) is 4.54. The summed E-state index contributed by atoms with van der Waals surface area (Å²) in [7, 11) is 0. The number of aliphatic carboxylic acids is 1. The van der Waals surface area contributed by atoms with Gasteiger partial charge in [-0.1, -0.05) is 12.1 Å². The average Bonchev–Trinajstić information content (AvgIpc) is 2.63. The topological polar surface area (TPSA) is 112 Å². The van der Waals surface area contributed by atoms with Gasteiger partial charge in [-0.3, -0.25) is 10.1 Å².